The van der Waals surface area contributed by atoms with Crippen LogP contribution in [0.2, 0.25) is 5.02 Å². The molecule has 0 aliphatic heterocycles. The SMILES string of the molecule is COc1ccccc1/C=C/C(=O)N(Cc1nnc(-c2ccccc2Cl)o1)C1CC1. The molecule has 0 N–H and O–H groups in total. The number of aromatic nitrogens is 2. The fourth-order valence-electron chi connectivity index (χ4n) is 3.04. The maximum atomic E-state index is 12.8. The number of para-hydroxylation sites is 1. The van der Waals surface area contributed by atoms with Gasteiger partial charge >= 0.3 is 0 Å². The lowest BCUT2D eigenvalue weighted by Gasteiger charge is -2.18. The first-order valence-electron chi connectivity index (χ1n) is 9.34. The molecule has 6 nitrogen and oxygen atoms in total. The molecule has 1 aromatic heterocycles. The van der Waals surface area contributed by atoms with Crippen LogP contribution in [0.3, 0.4) is 0 Å². The van der Waals surface area contributed by atoms with Crippen LogP contribution in [0.1, 0.15) is 24.3 Å². The summed E-state index contributed by atoms with van der Waals surface area (Å²) >= 11 is 6.20. The summed E-state index contributed by atoms with van der Waals surface area (Å²) in [6, 6.07) is 15.0. The maximum Gasteiger partial charge on any atom is 0.249 e. The molecule has 0 unspecified atom stereocenters. The highest BCUT2D eigenvalue weighted by atomic mass is 35.5. The fraction of sp³-hybridized carbons (Fsp3) is 0.227. The molecule has 0 radical (unpaired) electrons. The Bertz CT molecular complexity index is 1040. The van der Waals surface area contributed by atoms with Crippen molar-refractivity contribution in [2.75, 3.05) is 7.11 Å². The molecule has 148 valence electrons. The minimum Gasteiger partial charge on any atom is -0.496 e. The van der Waals surface area contributed by atoms with Gasteiger partial charge in [-0.25, -0.2) is 0 Å². The maximum absolute atomic E-state index is 12.8. The Morgan fingerprint density at radius 1 is 1.21 bits per heavy atom. The van der Waals surface area contributed by atoms with Crippen LogP contribution >= 0.6 is 11.6 Å². The Balaban J connectivity index is 1.50. The zero-order valence-corrected chi connectivity index (χ0v) is 16.7. The number of halogens is 1. The van der Waals surface area contributed by atoms with Gasteiger partial charge in [-0.05, 0) is 37.1 Å². The van der Waals surface area contributed by atoms with Crippen LogP contribution in [0.15, 0.2) is 59.0 Å². The van der Waals surface area contributed by atoms with E-state index in [1.807, 2.05) is 42.5 Å². The number of carbonyl (C=O) groups is 1. The van der Waals surface area contributed by atoms with E-state index in [1.165, 1.54) is 0 Å². The van der Waals surface area contributed by atoms with Gasteiger partial charge in [0.05, 0.1) is 24.2 Å². The molecule has 4 rings (SSSR count). The molecular formula is C22H20ClN3O3. The van der Waals surface area contributed by atoms with Crippen molar-refractivity contribution in [1.29, 1.82) is 0 Å². The second kappa shape index (κ2) is 8.49. The lowest BCUT2D eigenvalue weighted by Crippen LogP contribution is -2.31. The van der Waals surface area contributed by atoms with Gasteiger partial charge in [0.1, 0.15) is 5.75 Å². The summed E-state index contributed by atoms with van der Waals surface area (Å²) in [5, 5.41) is 8.72. The molecule has 0 saturated heterocycles. The quantitative estimate of drug-likeness (QED) is 0.533. The van der Waals surface area contributed by atoms with Gasteiger partial charge in [-0.15, -0.1) is 10.2 Å². The summed E-state index contributed by atoms with van der Waals surface area (Å²) in [6.45, 7) is 0.261. The van der Waals surface area contributed by atoms with Crippen LogP contribution in [0.4, 0.5) is 0 Å². The highest BCUT2D eigenvalue weighted by molar-refractivity contribution is 6.33. The normalized spacial score (nSPS) is 13.6. The molecule has 7 heteroatoms. The lowest BCUT2D eigenvalue weighted by atomic mass is 10.2. The van der Waals surface area contributed by atoms with Gasteiger partial charge in [0.15, 0.2) is 0 Å². The molecular weight excluding hydrogens is 390 g/mol. The molecule has 1 amide bonds. The Kier molecular flexibility index (Phi) is 5.62. The van der Waals surface area contributed by atoms with Gasteiger partial charge in [-0.1, -0.05) is 41.9 Å². The summed E-state index contributed by atoms with van der Waals surface area (Å²) in [5.41, 5.74) is 1.52. The molecule has 29 heavy (non-hydrogen) atoms. The molecule has 0 atom stereocenters. The van der Waals surface area contributed by atoms with E-state index in [2.05, 4.69) is 10.2 Å². The standard InChI is InChI=1S/C22H20ClN3O3/c1-28-19-9-5-2-6-15(19)10-13-21(27)26(16-11-12-16)14-20-24-25-22(29-20)17-7-3-4-8-18(17)23/h2-10,13,16H,11-12,14H2,1H3/b13-10+. The smallest absolute Gasteiger partial charge is 0.249 e. The Labute approximate surface area is 173 Å². The monoisotopic (exact) mass is 409 g/mol. The average molecular weight is 410 g/mol. The van der Waals surface area contributed by atoms with Crippen molar-refractivity contribution in [2.45, 2.75) is 25.4 Å². The van der Waals surface area contributed by atoms with Crippen LogP contribution in [-0.4, -0.2) is 34.2 Å². The van der Waals surface area contributed by atoms with E-state index in [1.54, 1.807) is 30.2 Å². The van der Waals surface area contributed by atoms with Crippen molar-refractivity contribution in [2.24, 2.45) is 0 Å². The number of ether oxygens (including phenoxy) is 1. The van der Waals surface area contributed by atoms with Crippen LogP contribution < -0.4 is 4.74 Å². The molecule has 2 aromatic carbocycles. The zero-order chi connectivity index (χ0) is 20.2. The third-order valence-corrected chi connectivity index (χ3v) is 5.02. The van der Waals surface area contributed by atoms with E-state index in [9.17, 15) is 4.79 Å². The number of benzene rings is 2. The molecule has 1 saturated carbocycles. The van der Waals surface area contributed by atoms with E-state index < -0.39 is 0 Å². The topological polar surface area (TPSA) is 68.5 Å². The third kappa shape index (κ3) is 4.49. The van der Waals surface area contributed by atoms with Crippen molar-refractivity contribution in [1.82, 2.24) is 15.1 Å². The lowest BCUT2D eigenvalue weighted by molar-refractivity contribution is -0.127. The van der Waals surface area contributed by atoms with Crippen LogP contribution in [0.25, 0.3) is 17.5 Å². The number of amides is 1. The number of methoxy groups -OCH3 is 1. The van der Waals surface area contributed by atoms with Crippen LogP contribution in [0, 0.1) is 0 Å². The number of hydrogen-bond acceptors (Lipinski definition) is 5. The highest BCUT2D eigenvalue weighted by Crippen LogP contribution is 2.30. The van der Waals surface area contributed by atoms with Gasteiger partial charge in [-0.3, -0.25) is 4.79 Å². The van der Waals surface area contributed by atoms with Crippen molar-refractivity contribution >= 4 is 23.6 Å². The number of nitrogens with zero attached hydrogens (tertiary/aromatic N) is 3. The molecule has 1 aliphatic rings. The Hall–Kier alpha value is -3.12. The first-order chi connectivity index (χ1) is 14.2. The van der Waals surface area contributed by atoms with E-state index in [0.717, 1.165) is 24.2 Å². The first kappa shape index (κ1) is 19.2. The summed E-state index contributed by atoms with van der Waals surface area (Å²) in [6.07, 6.45) is 5.26. The number of carbonyl (C=O) groups excluding carboxylic acids is 1. The van der Waals surface area contributed by atoms with E-state index in [-0.39, 0.29) is 18.5 Å². The van der Waals surface area contributed by atoms with Gasteiger partial charge in [-0.2, -0.15) is 0 Å². The zero-order valence-electron chi connectivity index (χ0n) is 15.9. The molecule has 1 fully saturated rings. The van der Waals surface area contributed by atoms with Crippen molar-refractivity contribution < 1.29 is 13.9 Å². The van der Waals surface area contributed by atoms with E-state index >= 15 is 0 Å². The van der Waals surface area contributed by atoms with Crippen LogP contribution in [-0.2, 0) is 11.3 Å². The van der Waals surface area contributed by atoms with E-state index in [0.29, 0.717) is 22.4 Å². The average Bonchev–Trinajstić information content (AvgIpc) is 3.48. The largest absolute Gasteiger partial charge is 0.496 e. The first-order valence-corrected chi connectivity index (χ1v) is 9.72. The summed E-state index contributed by atoms with van der Waals surface area (Å²) in [7, 11) is 1.61. The van der Waals surface area contributed by atoms with Gasteiger partial charge in [0, 0.05) is 17.7 Å². The predicted octanol–water partition coefficient (Wildman–Crippen LogP) is 4.60. The van der Waals surface area contributed by atoms with Gasteiger partial charge in [0.25, 0.3) is 0 Å². The van der Waals surface area contributed by atoms with Gasteiger partial charge in [0.2, 0.25) is 17.7 Å². The fourth-order valence-corrected chi connectivity index (χ4v) is 3.26. The predicted molar refractivity (Wildman–Crippen MR) is 110 cm³/mol. The molecule has 1 aliphatic carbocycles. The Morgan fingerprint density at radius 2 is 1.97 bits per heavy atom. The molecule has 1 heterocycles. The minimum absolute atomic E-state index is 0.101. The summed E-state index contributed by atoms with van der Waals surface area (Å²) < 4.78 is 11.1. The number of hydrogen-bond donors (Lipinski definition) is 0. The summed E-state index contributed by atoms with van der Waals surface area (Å²) in [4.78, 5) is 14.6. The van der Waals surface area contributed by atoms with Gasteiger partial charge < -0.3 is 14.1 Å². The second-order valence-electron chi connectivity index (χ2n) is 6.75. The van der Waals surface area contributed by atoms with Crippen molar-refractivity contribution in [3.8, 4) is 17.2 Å². The Morgan fingerprint density at radius 3 is 2.72 bits per heavy atom. The highest BCUT2D eigenvalue weighted by Gasteiger charge is 2.33. The molecule has 0 bridgehead atoms. The number of rotatable bonds is 7. The molecule has 3 aromatic rings. The second-order valence-corrected chi connectivity index (χ2v) is 7.16. The summed E-state index contributed by atoms with van der Waals surface area (Å²) in [5.74, 6) is 1.34. The molecule has 0 spiro atoms. The van der Waals surface area contributed by atoms with Crippen molar-refractivity contribution in [3.63, 3.8) is 0 Å². The van der Waals surface area contributed by atoms with Crippen LogP contribution in [0.5, 0.6) is 5.75 Å². The third-order valence-electron chi connectivity index (χ3n) is 4.69. The van der Waals surface area contributed by atoms with Crippen molar-refractivity contribution in [3.05, 3.63) is 71.1 Å². The minimum atomic E-state index is -0.101. The van der Waals surface area contributed by atoms with E-state index in [4.69, 9.17) is 20.8 Å².